The summed E-state index contributed by atoms with van der Waals surface area (Å²) in [5.74, 6) is -3.98. The average Bonchev–Trinajstić information content (AvgIpc) is 2.19. The van der Waals surface area contributed by atoms with E-state index in [1.54, 1.807) is 0 Å². The van der Waals surface area contributed by atoms with Gasteiger partial charge in [0.2, 0.25) is 0 Å². The highest BCUT2D eigenvalue weighted by Crippen LogP contribution is 2.16. The van der Waals surface area contributed by atoms with Crippen molar-refractivity contribution in [3.63, 3.8) is 0 Å². The number of nitrogens with two attached hydrogens (primary N) is 1. The molecule has 0 saturated heterocycles. The minimum atomic E-state index is -1.51. The summed E-state index contributed by atoms with van der Waals surface area (Å²) in [6.07, 6.45) is -0.0282. The first-order valence-electron chi connectivity index (χ1n) is 4.05. The van der Waals surface area contributed by atoms with E-state index in [-0.39, 0.29) is 31.0 Å². The van der Waals surface area contributed by atoms with Crippen molar-refractivity contribution in [2.24, 2.45) is 5.73 Å². The SMILES string of the molecule is Cl.NC(CO)Cc1ccc(F)c(F)c1F. The van der Waals surface area contributed by atoms with Crippen LogP contribution in [0.5, 0.6) is 0 Å². The first kappa shape index (κ1) is 14.2. The van der Waals surface area contributed by atoms with Crippen molar-refractivity contribution >= 4 is 12.4 Å². The Kier molecular flexibility index (Phi) is 5.64. The number of hydrogen-bond donors (Lipinski definition) is 2. The Morgan fingerprint density at radius 2 is 1.80 bits per heavy atom. The molecule has 1 aromatic rings. The van der Waals surface area contributed by atoms with E-state index in [1.807, 2.05) is 0 Å². The van der Waals surface area contributed by atoms with Gasteiger partial charge in [-0.2, -0.15) is 0 Å². The van der Waals surface area contributed by atoms with E-state index in [2.05, 4.69) is 0 Å². The van der Waals surface area contributed by atoms with Crippen LogP contribution in [0.1, 0.15) is 5.56 Å². The standard InChI is InChI=1S/C9H10F3NO.ClH/c10-7-2-1-5(3-6(13)4-14)8(11)9(7)12;/h1-2,6,14H,3-4,13H2;1H. The Morgan fingerprint density at radius 3 is 2.33 bits per heavy atom. The molecule has 1 rings (SSSR count). The van der Waals surface area contributed by atoms with Crippen molar-refractivity contribution in [3.05, 3.63) is 35.1 Å². The van der Waals surface area contributed by atoms with Gasteiger partial charge in [0, 0.05) is 6.04 Å². The van der Waals surface area contributed by atoms with Crippen molar-refractivity contribution in [1.29, 1.82) is 0 Å². The van der Waals surface area contributed by atoms with Gasteiger partial charge in [0.15, 0.2) is 17.5 Å². The predicted octanol–water partition coefficient (Wildman–Crippen LogP) is 1.39. The second-order valence-corrected chi connectivity index (χ2v) is 2.98. The molecule has 0 radical (unpaired) electrons. The third-order valence-corrected chi connectivity index (χ3v) is 1.83. The highest BCUT2D eigenvalue weighted by atomic mass is 35.5. The van der Waals surface area contributed by atoms with Crippen molar-refractivity contribution < 1.29 is 18.3 Å². The van der Waals surface area contributed by atoms with Gasteiger partial charge in [-0.3, -0.25) is 0 Å². The van der Waals surface area contributed by atoms with Crippen LogP contribution < -0.4 is 5.73 Å². The maximum Gasteiger partial charge on any atom is 0.194 e. The van der Waals surface area contributed by atoms with E-state index in [4.69, 9.17) is 10.8 Å². The lowest BCUT2D eigenvalue weighted by molar-refractivity contribution is 0.264. The number of hydrogen-bond acceptors (Lipinski definition) is 2. The summed E-state index contributed by atoms with van der Waals surface area (Å²) in [5, 5.41) is 8.60. The zero-order valence-electron chi connectivity index (χ0n) is 7.71. The molecule has 0 amide bonds. The van der Waals surface area contributed by atoms with Crippen molar-refractivity contribution in [2.45, 2.75) is 12.5 Å². The molecular formula is C9H11ClF3NO. The first-order chi connectivity index (χ1) is 6.56. The minimum Gasteiger partial charge on any atom is -0.395 e. The summed E-state index contributed by atoms with van der Waals surface area (Å²) in [7, 11) is 0. The van der Waals surface area contributed by atoms with Crippen LogP contribution >= 0.6 is 12.4 Å². The molecular weight excluding hydrogens is 231 g/mol. The third kappa shape index (κ3) is 3.37. The van der Waals surface area contributed by atoms with Crippen molar-refractivity contribution in [3.8, 4) is 0 Å². The summed E-state index contributed by atoms with van der Waals surface area (Å²) >= 11 is 0. The van der Waals surface area contributed by atoms with E-state index in [1.165, 1.54) is 0 Å². The fourth-order valence-electron chi connectivity index (χ4n) is 1.07. The van der Waals surface area contributed by atoms with E-state index >= 15 is 0 Å². The maximum atomic E-state index is 13.0. The monoisotopic (exact) mass is 241 g/mol. The van der Waals surface area contributed by atoms with Gasteiger partial charge in [0.25, 0.3) is 0 Å². The zero-order valence-corrected chi connectivity index (χ0v) is 8.53. The van der Waals surface area contributed by atoms with Crippen LogP contribution in [0, 0.1) is 17.5 Å². The Hall–Kier alpha value is -0.780. The van der Waals surface area contributed by atoms with Gasteiger partial charge in [0.1, 0.15) is 0 Å². The Bertz CT molecular complexity index is 335. The molecule has 86 valence electrons. The highest BCUT2D eigenvalue weighted by molar-refractivity contribution is 5.85. The zero-order chi connectivity index (χ0) is 10.7. The Labute approximate surface area is 91.3 Å². The number of aliphatic hydroxyl groups is 1. The molecule has 0 aromatic heterocycles. The summed E-state index contributed by atoms with van der Waals surface area (Å²) in [6.45, 7) is -0.335. The molecule has 1 unspecified atom stereocenters. The quantitative estimate of drug-likeness (QED) is 0.786. The van der Waals surface area contributed by atoms with Crippen LogP contribution in [0.3, 0.4) is 0 Å². The molecule has 3 N–H and O–H groups in total. The molecule has 0 aliphatic heterocycles. The van der Waals surface area contributed by atoms with Crippen molar-refractivity contribution in [2.75, 3.05) is 6.61 Å². The Balaban J connectivity index is 0.00000196. The van der Waals surface area contributed by atoms with E-state index in [9.17, 15) is 13.2 Å². The molecule has 1 atom stereocenters. The van der Waals surface area contributed by atoms with Crippen LogP contribution in [-0.4, -0.2) is 17.8 Å². The van der Waals surface area contributed by atoms with Crippen molar-refractivity contribution in [1.82, 2.24) is 0 Å². The number of aliphatic hydroxyl groups excluding tert-OH is 1. The van der Waals surface area contributed by atoms with Gasteiger partial charge in [-0.05, 0) is 18.1 Å². The molecule has 0 heterocycles. The first-order valence-corrected chi connectivity index (χ1v) is 4.05. The lowest BCUT2D eigenvalue weighted by Crippen LogP contribution is -2.27. The van der Waals surface area contributed by atoms with Gasteiger partial charge in [-0.1, -0.05) is 6.07 Å². The van der Waals surface area contributed by atoms with Gasteiger partial charge in [-0.15, -0.1) is 12.4 Å². The second kappa shape index (κ2) is 5.95. The number of benzene rings is 1. The van der Waals surface area contributed by atoms with Crippen LogP contribution in [-0.2, 0) is 6.42 Å². The van der Waals surface area contributed by atoms with Gasteiger partial charge in [-0.25, -0.2) is 13.2 Å². The molecule has 2 nitrogen and oxygen atoms in total. The molecule has 0 aliphatic rings. The molecule has 0 spiro atoms. The van der Waals surface area contributed by atoms with Crippen LogP contribution in [0.4, 0.5) is 13.2 Å². The molecule has 15 heavy (non-hydrogen) atoms. The van der Waals surface area contributed by atoms with E-state index in [0.717, 1.165) is 12.1 Å². The summed E-state index contributed by atoms with van der Waals surface area (Å²) < 4.78 is 38.2. The van der Waals surface area contributed by atoms with Crippen LogP contribution in [0.15, 0.2) is 12.1 Å². The van der Waals surface area contributed by atoms with Gasteiger partial charge >= 0.3 is 0 Å². The minimum absolute atomic E-state index is 0. The highest BCUT2D eigenvalue weighted by Gasteiger charge is 2.14. The van der Waals surface area contributed by atoms with E-state index in [0.29, 0.717) is 0 Å². The molecule has 1 aromatic carbocycles. The average molecular weight is 242 g/mol. The van der Waals surface area contributed by atoms with Crippen LogP contribution in [0.2, 0.25) is 0 Å². The summed E-state index contributed by atoms with van der Waals surface area (Å²) in [4.78, 5) is 0. The molecule has 0 saturated carbocycles. The topological polar surface area (TPSA) is 46.2 Å². The number of halogens is 4. The summed E-state index contributed by atoms with van der Waals surface area (Å²) in [6, 6.07) is 1.27. The molecule has 6 heteroatoms. The normalized spacial score (nSPS) is 12.1. The lowest BCUT2D eigenvalue weighted by Gasteiger charge is -2.09. The molecule has 0 bridgehead atoms. The largest absolute Gasteiger partial charge is 0.395 e. The third-order valence-electron chi connectivity index (χ3n) is 1.83. The fourth-order valence-corrected chi connectivity index (χ4v) is 1.07. The molecule has 0 aliphatic carbocycles. The number of rotatable bonds is 3. The lowest BCUT2D eigenvalue weighted by atomic mass is 10.1. The second-order valence-electron chi connectivity index (χ2n) is 2.98. The maximum absolute atomic E-state index is 13.0. The van der Waals surface area contributed by atoms with Gasteiger partial charge < -0.3 is 10.8 Å². The van der Waals surface area contributed by atoms with Crippen LogP contribution in [0.25, 0.3) is 0 Å². The van der Waals surface area contributed by atoms with Gasteiger partial charge in [0.05, 0.1) is 6.61 Å². The fraction of sp³-hybridized carbons (Fsp3) is 0.333. The van der Waals surface area contributed by atoms with E-state index < -0.39 is 23.5 Å². The predicted molar refractivity (Wildman–Crippen MR) is 52.3 cm³/mol. The smallest absolute Gasteiger partial charge is 0.194 e. The Morgan fingerprint density at radius 1 is 1.20 bits per heavy atom. The summed E-state index contributed by atoms with van der Waals surface area (Å²) in [5.41, 5.74) is 5.29. The molecule has 0 fully saturated rings.